The van der Waals surface area contributed by atoms with E-state index in [9.17, 15) is 4.79 Å². The van der Waals surface area contributed by atoms with Gasteiger partial charge in [-0.3, -0.25) is 9.69 Å². The molecular formula is C18H27N3O2. The molecular weight excluding hydrogens is 290 g/mol. The zero-order chi connectivity index (χ0) is 16.8. The fourth-order valence-electron chi connectivity index (χ4n) is 2.89. The van der Waals surface area contributed by atoms with E-state index >= 15 is 0 Å². The van der Waals surface area contributed by atoms with Crippen LogP contribution in [0, 0.1) is 0 Å². The van der Waals surface area contributed by atoms with Crippen molar-refractivity contribution in [3.63, 3.8) is 0 Å². The van der Waals surface area contributed by atoms with Gasteiger partial charge in [-0.25, -0.2) is 0 Å². The quantitative estimate of drug-likeness (QED) is 0.810. The minimum Gasteiger partial charge on any atom is -0.489 e. The summed E-state index contributed by atoms with van der Waals surface area (Å²) in [5, 5.41) is 3.12. The molecule has 0 bridgehead atoms. The van der Waals surface area contributed by atoms with Crippen LogP contribution in [0.5, 0.6) is 5.75 Å². The normalized spacial score (nSPS) is 20.7. The number of amides is 1. The average molecular weight is 317 g/mol. The first-order valence-corrected chi connectivity index (χ1v) is 8.05. The Morgan fingerprint density at radius 1 is 1.43 bits per heavy atom. The Kier molecular flexibility index (Phi) is 6.19. The van der Waals surface area contributed by atoms with E-state index in [1.165, 1.54) is 0 Å². The van der Waals surface area contributed by atoms with Gasteiger partial charge in [-0.2, -0.15) is 0 Å². The number of carbonyl (C=O) groups excluding carboxylic acids is 1. The number of hydrogen-bond acceptors (Lipinski definition) is 4. The topological polar surface area (TPSA) is 44.8 Å². The Morgan fingerprint density at radius 3 is 2.91 bits per heavy atom. The molecule has 0 saturated carbocycles. The summed E-state index contributed by atoms with van der Waals surface area (Å²) < 4.78 is 5.58. The molecule has 5 heteroatoms. The van der Waals surface area contributed by atoms with Crippen molar-refractivity contribution in [3.8, 4) is 5.75 Å². The molecule has 1 amide bonds. The fraction of sp³-hybridized carbons (Fsp3) is 0.500. The van der Waals surface area contributed by atoms with Crippen LogP contribution in [-0.2, 0) is 0 Å². The van der Waals surface area contributed by atoms with Gasteiger partial charge in [0.05, 0.1) is 5.56 Å². The van der Waals surface area contributed by atoms with Crippen molar-refractivity contribution in [1.82, 2.24) is 15.1 Å². The molecule has 0 radical (unpaired) electrons. The standard InChI is InChI=1S/C18H27N3O2/c1-5-12-23-17-9-7-6-8-15(17)18(22)19-14(2)16-13-20(3)10-11-21(16)4/h5-9,14,16H,1,10-13H2,2-4H3,(H,19,22). The number of benzene rings is 1. The average Bonchev–Trinajstić information content (AvgIpc) is 2.55. The maximum absolute atomic E-state index is 12.6. The summed E-state index contributed by atoms with van der Waals surface area (Å²) in [6, 6.07) is 7.67. The van der Waals surface area contributed by atoms with E-state index < -0.39 is 0 Å². The van der Waals surface area contributed by atoms with Crippen molar-refractivity contribution >= 4 is 5.91 Å². The van der Waals surface area contributed by atoms with Crippen LogP contribution < -0.4 is 10.1 Å². The van der Waals surface area contributed by atoms with Crippen LogP contribution in [0.1, 0.15) is 17.3 Å². The fourth-order valence-corrected chi connectivity index (χ4v) is 2.89. The zero-order valence-corrected chi connectivity index (χ0v) is 14.3. The smallest absolute Gasteiger partial charge is 0.255 e. The second-order valence-electron chi connectivity index (χ2n) is 6.17. The van der Waals surface area contributed by atoms with Gasteiger partial charge in [-0.15, -0.1) is 0 Å². The van der Waals surface area contributed by atoms with Gasteiger partial charge in [-0.1, -0.05) is 24.8 Å². The molecule has 1 N–H and O–H groups in total. The van der Waals surface area contributed by atoms with Gasteiger partial charge < -0.3 is 15.0 Å². The SMILES string of the molecule is C=CCOc1ccccc1C(=O)NC(C)C1CN(C)CCN1C. The van der Waals surface area contributed by atoms with Crippen LogP contribution in [0.15, 0.2) is 36.9 Å². The summed E-state index contributed by atoms with van der Waals surface area (Å²) in [7, 11) is 4.23. The number of ether oxygens (including phenoxy) is 1. The Bertz CT molecular complexity index is 547. The van der Waals surface area contributed by atoms with Crippen molar-refractivity contribution < 1.29 is 9.53 Å². The maximum Gasteiger partial charge on any atom is 0.255 e. The number of rotatable bonds is 6. The van der Waals surface area contributed by atoms with Gasteiger partial charge in [0.25, 0.3) is 5.91 Å². The number of piperazine rings is 1. The van der Waals surface area contributed by atoms with Crippen molar-refractivity contribution in [2.75, 3.05) is 40.3 Å². The van der Waals surface area contributed by atoms with Crippen LogP contribution in [-0.4, -0.2) is 68.1 Å². The molecule has 2 unspecified atom stereocenters. The highest BCUT2D eigenvalue weighted by molar-refractivity contribution is 5.97. The molecule has 1 heterocycles. The monoisotopic (exact) mass is 317 g/mol. The molecule has 126 valence electrons. The van der Waals surface area contributed by atoms with Crippen molar-refractivity contribution in [2.45, 2.75) is 19.0 Å². The molecule has 2 rings (SSSR count). The lowest BCUT2D eigenvalue weighted by Crippen LogP contribution is -2.58. The van der Waals surface area contributed by atoms with Gasteiger partial charge in [0, 0.05) is 31.7 Å². The first kappa shape index (κ1) is 17.5. The largest absolute Gasteiger partial charge is 0.489 e. The Hall–Kier alpha value is -1.85. The van der Waals surface area contributed by atoms with Crippen molar-refractivity contribution in [1.29, 1.82) is 0 Å². The Morgan fingerprint density at radius 2 is 2.17 bits per heavy atom. The molecule has 0 aliphatic carbocycles. The molecule has 5 nitrogen and oxygen atoms in total. The highest BCUT2D eigenvalue weighted by atomic mass is 16.5. The van der Waals surface area contributed by atoms with Gasteiger partial charge in [-0.05, 0) is 33.2 Å². The summed E-state index contributed by atoms with van der Waals surface area (Å²) in [6.45, 7) is 9.11. The molecule has 1 aromatic carbocycles. The van der Waals surface area contributed by atoms with Crippen molar-refractivity contribution in [2.24, 2.45) is 0 Å². The van der Waals surface area contributed by atoms with E-state index in [0.717, 1.165) is 19.6 Å². The van der Waals surface area contributed by atoms with Gasteiger partial charge in [0.1, 0.15) is 12.4 Å². The predicted octanol–water partition coefficient (Wildman–Crippen LogP) is 1.62. The van der Waals surface area contributed by atoms with E-state index in [1.807, 2.05) is 18.2 Å². The molecule has 1 fully saturated rings. The van der Waals surface area contributed by atoms with Crippen LogP contribution in [0.25, 0.3) is 0 Å². The van der Waals surface area contributed by atoms with E-state index in [1.54, 1.807) is 12.1 Å². The maximum atomic E-state index is 12.6. The minimum atomic E-state index is -0.0983. The molecule has 2 atom stereocenters. The summed E-state index contributed by atoms with van der Waals surface area (Å²) in [5.41, 5.74) is 0.563. The minimum absolute atomic E-state index is 0.0581. The van der Waals surface area contributed by atoms with Gasteiger partial charge in [0.2, 0.25) is 0 Å². The molecule has 1 aromatic rings. The number of para-hydroxylation sites is 1. The predicted molar refractivity (Wildman–Crippen MR) is 93.0 cm³/mol. The summed E-state index contributed by atoms with van der Waals surface area (Å²) in [4.78, 5) is 17.2. The lowest BCUT2D eigenvalue weighted by Gasteiger charge is -2.41. The first-order valence-electron chi connectivity index (χ1n) is 8.05. The second kappa shape index (κ2) is 8.13. The molecule has 1 saturated heterocycles. The third-order valence-corrected chi connectivity index (χ3v) is 4.32. The number of likely N-dealkylation sites (N-methyl/N-ethyl adjacent to an activating group) is 2. The van der Waals surface area contributed by atoms with Crippen LogP contribution in [0.4, 0.5) is 0 Å². The third-order valence-electron chi connectivity index (χ3n) is 4.32. The summed E-state index contributed by atoms with van der Waals surface area (Å²) >= 11 is 0. The van der Waals surface area contributed by atoms with Crippen LogP contribution in [0.3, 0.4) is 0 Å². The molecule has 0 spiro atoms. The molecule has 1 aliphatic heterocycles. The third kappa shape index (κ3) is 4.56. The first-order chi connectivity index (χ1) is 11.0. The number of carbonyl (C=O) groups is 1. The molecule has 23 heavy (non-hydrogen) atoms. The van der Waals surface area contributed by atoms with Crippen LogP contribution >= 0.6 is 0 Å². The van der Waals surface area contributed by atoms with Gasteiger partial charge in [0.15, 0.2) is 0 Å². The molecule has 0 aromatic heterocycles. The van der Waals surface area contributed by atoms with E-state index in [4.69, 9.17) is 4.74 Å². The summed E-state index contributed by atoms with van der Waals surface area (Å²) in [5.74, 6) is 0.491. The highest BCUT2D eigenvalue weighted by Crippen LogP contribution is 2.19. The lowest BCUT2D eigenvalue weighted by molar-refractivity contribution is 0.0770. The van der Waals surface area contributed by atoms with E-state index in [0.29, 0.717) is 24.0 Å². The Labute approximate surface area is 138 Å². The van der Waals surface area contributed by atoms with Gasteiger partial charge >= 0.3 is 0 Å². The highest BCUT2D eigenvalue weighted by Gasteiger charge is 2.28. The molecule has 1 aliphatic rings. The van der Waals surface area contributed by atoms with E-state index in [-0.39, 0.29) is 11.9 Å². The number of nitrogens with zero attached hydrogens (tertiary/aromatic N) is 2. The number of hydrogen-bond donors (Lipinski definition) is 1. The Balaban J connectivity index is 2.05. The van der Waals surface area contributed by atoms with Crippen LogP contribution in [0.2, 0.25) is 0 Å². The second-order valence-corrected chi connectivity index (χ2v) is 6.17. The van der Waals surface area contributed by atoms with Crippen molar-refractivity contribution in [3.05, 3.63) is 42.5 Å². The lowest BCUT2D eigenvalue weighted by atomic mass is 10.0. The zero-order valence-electron chi connectivity index (χ0n) is 14.3. The number of nitrogens with one attached hydrogen (secondary N) is 1. The summed E-state index contributed by atoms with van der Waals surface area (Å²) in [6.07, 6.45) is 1.67. The van der Waals surface area contributed by atoms with E-state index in [2.05, 4.69) is 42.7 Å².